The number of furan rings is 1. The molecule has 2 heterocycles. The number of nitrogens with zero attached hydrogens (tertiary/aromatic N) is 1. The number of pyridine rings is 1. The van der Waals surface area contributed by atoms with Gasteiger partial charge in [-0.15, -0.1) is 0 Å². The average Bonchev–Trinajstić information content (AvgIpc) is 3.02. The third-order valence-corrected chi connectivity index (χ3v) is 3.23. The van der Waals surface area contributed by atoms with E-state index in [9.17, 15) is 4.79 Å². The van der Waals surface area contributed by atoms with Crippen LogP contribution >= 0.6 is 0 Å². The van der Waals surface area contributed by atoms with E-state index in [0.29, 0.717) is 11.4 Å². The van der Waals surface area contributed by atoms with Crippen LogP contribution in [0.3, 0.4) is 0 Å². The molecule has 4 N–H and O–H groups in total. The van der Waals surface area contributed by atoms with E-state index in [1.165, 1.54) is 0 Å². The second-order valence-corrected chi connectivity index (χ2v) is 4.61. The van der Waals surface area contributed by atoms with Gasteiger partial charge in [-0.3, -0.25) is 4.79 Å². The van der Waals surface area contributed by atoms with E-state index in [2.05, 4.69) is 4.98 Å². The molecule has 2 aromatic heterocycles. The Morgan fingerprint density at radius 3 is 2.67 bits per heavy atom. The van der Waals surface area contributed by atoms with Crippen LogP contribution in [0.25, 0.3) is 22.3 Å². The van der Waals surface area contributed by atoms with Crippen molar-refractivity contribution in [2.24, 2.45) is 5.73 Å². The van der Waals surface area contributed by atoms with Crippen LogP contribution in [-0.2, 0) is 0 Å². The Bertz CT molecular complexity index is 795. The van der Waals surface area contributed by atoms with Crippen LogP contribution in [0.5, 0.6) is 0 Å². The zero-order valence-corrected chi connectivity index (χ0v) is 11.1. The third kappa shape index (κ3) is 2.49. The van der Waals surface area contributed by atoms with Crippen molar-refractivity contribution in [3.8, 4) is 22.3 Å². The summed E-state index contributed by atoms with van der Waals surface area (Å²) in [7, 11) is 0. The summed E-state index contributed by atoms with van der Waals surface area (Å²) in [6.45, 7) is 0. The molecule has 0 fully saturated rings. The van der Waals surface area contributed by atoms with Crippen LogP contribution in [0.2, 0.25) is 0 Å². The number of primary amides is 1. The number of hydrogen-bond acceptors (Lipinski definition) is 4. The fourth-order valence-corrected chi connectivity index (χ4v) is 2.13. The van der Waals surface area contributed by atoms with Gasteiger partial charge < -0.3 is 15.9 Å². The lowest BCUT2D eigenvalue weighted by molar-refractivity contribution is 0.100. The summed E-state index contributed by atoms with van der Waals surface area (Å²) in [4.78, 5) is 15.5. The van der Waals surface area contributed by atoms with Gasteiger partial charge in [-0.1, -0.05) is 12.1 Å². The quantitative estimate of drug-likeness (QED) is 0.770. The van der Waals surface area contributed by atoms with Gasteiger partial charge in [0.25, 0.3) is 0 Å². The van der Waals surface area contributed by atoms with Crippen LogP contribution in [0, 0.1) is 0 Å². The molecule has 0 aliphatic heterocycles. The average molecular weight is 279 g/mol. The molecular weight excluding hydrogens is 266 g/mol. The minimum Gasteiger partial charge on any atom is -0.472 e. The van der Waals surface area contributed by atoms with Gasteiger partial charge in [0.1, 0.15) is 5.82 Å². The summed E-state index contributed by atoms with van der Waals surface area (Å²) in [6.07, 6.45) is 4.85. The van der Waals surface area contributed by atoms with Crippen LogP contribution in [-0.4, -0.2) is 10.9 Å². The van der Waals surface area contributed by atoms with Crippen molar-refractivity contribution in [1.29, 1.82) is 0 Å². The maximum atomic E-state index is 11.3. The number of nitrogens with two attached hydrogens (primary N) is 2. The molecule has 0 bridgehead atoms. The van der Waals surface area contributed by atoms with E-state index in [-0.39, 0.29) is 0 Å². The number of hydrogen-bond donors (Lipinski definition) is 2. The van der Waals surface area contributed by atoms with Crippen molar-refractivity contribution in [3.63, 3.8) is 0 Å². The van der Waals surface area contributed by atoms with Crippen LogP contribution in [0.1, 0.15) is 10.4 Å². The van der Waals surface area contributed by atoms with Gasteiger partial charge in [-0.2, -0.15) is 0 Å². The molecule has 0 saturated carbocycles. The highest BCUT2D eigenvalue weighted by atomic mass is 16.3. The molecule has 0 spiro atoms. The molecule has 104 valence electrons. The lowest BCUT2D eigenvalue weighted by Crippen LogP contribution is -2.10. The first-order valence-electron chi connectivity index (χ1n) is 6.33. The Balaban J connectivity index is 2.10. The maximum absolute atomic E-state index is 11.3. The van der Waals surface area contributed by atoms with Crippen molar-refractivity contribution >= 4 is 11.7 Å². The highest BCUT2D eigenvalue weighted by Gasteiger charge is 2.09. The van der Waals surface area contributed by atoms with Crippen LogP contribution in [0.15, 0.2) is 59.5 Å². The number of anilines is 1. The Morgan fingerprint density at radius 2 is 1.95 bits per heavy atom. The van der Waals surface area contributed by atoms with Gasteiger partial charge in [0, 0.05) is 28.5 Å². The van der Waals surface area contributed by atoms with Gasteiger partial charge in [-0.25, -0.2) is 4.98 Å². The molecule has 1 amide bonds. The summed E-state index contributed by atoms with van der Waals surface area (Å²) in [5, 5.41) is 0. The molecule has 3 rings (SSSR count). The SMILES string of the molecule is NC(=O)c1cccc(-c2cnc(N)c(-c3ccoc3)c2)c1. The maximum Gasteiger partial charge on any atom is 0.248 e. The van der Waals surface area contributed by atoms with Crippen molar-refractivity contribution in [1.82, 2.24) is 4.98 Å². The number of aromatic nitrogens is 1. The second-order valence-electron chi connectivity index (χ2n) is 4.61. The summed E-state index contributed by atoms with van der Waals surface area (Å²) >= 11 is 0. The third-order valence-electron chi connectivity index (χ3n) is 3.23. The van der Waals surface area contributed by atoms with Gasteiger partial charge in [-0.05, 0) is 29.8 Å². The number of nitrogen functional groups attached to an aromatic ring is 1. The lowest BCUT2D eigenvalue weighted by Gasteiger charge is -2.07. The molecule has 0 aliphatic carbocycles. The minimum atomic E-state index is -0.463. The van der Waals surface area contributed by atoms with E-state index >= 15 is 0 Å². The van der Waals surface area contributed by atoms with Gasteiger partial charge in [0.15, 0.2) is 0 Å². The Labute approximate surface area is 121 Å². The first kappa shape index (κ1) is 12.9. The largest absolute Gasteiger partial charge is 0.472 e. The smallest absolute Gasteiger partial charge is 0.248 e. The van der Waals surface area contributed by atoms with Gasteiger partial charge in [0.05, 0.1) is 12.5 Å². The number of rotatable bonds is 3. The zero-order valence-electron chi connectivity index (χ0n) is 11.1. The lowest BCUT2D eigenvalue weighted by atomic mass is 10.0. The Morgan fingerprint density at radius 1 is 1.10 bits per heavy atom. The molecule has 0 unspecified atom stereocenters. The predicted octanol–water partition coefficient (Wildman–Crippen LogP) is 2.69. The number of carbonyl (C=O) groups excluding carboxylic acids is 1. The number of benzene rings is 1. The van der Waals surface area contributed by atoms with Gasteiger partial charge in [0.2, 0.25) is 5.91 Å². The minimum absolute atomic E-state index is 0.422. The summed E-state index contributed by atoms with van der Waals surface area (Å²) in [6, 6.07) is 10.8. The molecule has 0 radical (unpaired) electrons. The first-order chi connectivity index (χ1) is 10.1. The molecule has 0 saturated heterocycles. The molecule has 3 aromatic rings. The van der Waals surface area contributed by atoms with Crippen molar-refractivity contribution in [2.45, 2.75) is 0 Å². The summed E-state index contributed by atoms with van der Waals surface area (Å²) in [5.41, 5.74) is 15.0. The van der Waals surface area contributed by atoms with Crippen molar-refractivity contribution < 1.29 is 9.21 Å². The van der Waals surface area contributed by atoms with E-state index in [1.54, 1.807) is 36.9 Å². The Hall–Kier alpha value is -3.08. The second kappa shape index (κ2) is 5.13. The summed E-state index contributed by atoms with van der Waals surface area (Å²) in [5.74, 6) is -0.0403. The normalized spacial score (nSPS) is 10.5. The monoisotopic (exact) mass is 279 g/mol. The van der Waals surface area contributed by atoms with E-state index in [4.69, 9.17) is 15.9 Å². The molecule has 0 atom stereocenters. The molecule has 21 heavy (non-hydrogen) atoms. The zero-order chi connectivity index (χ0) is 14.8. The fraction of sp³-hybridized carbons (Fsp3) is 0. The van der Waals surface area contributed by atoms with Crippen LogP contribution < -0.4 is 11.5 Å². The van der Waals surface area contributed by atoms with Crippen molar-refractivity contribution in [2.75, 3.05) is 5.73 Å². The predicted molar refractivity (Wildman–Crippen MR) is 80.3 cm³/mol. The van der Waals surface area contributed by atoms with E-state index in [1.807, 2.05) is 18.2 Å². The standard InChI is InChI=1S/C16H13N3O2/c17-15-14(12-4-5-21-9-12)7-13(8-19-15)10-2-1-3-11(6-10)16(18)20/h1-9H,(H2,17,19)(H2,18,20). The van der Waals surface area contributed by atoms with E-state index in [0.717, 1.165) is 22.3 Å². The molecule has 5 nitrogen and oxygen atoms in total. The first-order valence-corrected chi connectivity index (χ1v) is 6.33. The molecule has 5 heteroatoms. The summed E-state index contributed by atoms with van der Waals surface area (Å²) < 4.78 is 5.08. The number of carbonyl (C=O) groups is 1. The highest BCUT2D eigenvalue weighted by Crippen LogP contribution is 2.30. The molecular formula is C16H13N3O2. The van der Waals surface area contributed by atoms with E-state index < -0.39 is 5.91 Å². The van der Waals surface area contributed by atoms with Crippen LogP contribution in [0.4, 0.5) is 5.82 Å². The Kier molecular flexibility index (Phi) is 3.16. The van der Waals surface area contributed by atoms with Crippen molar-refractivity contribution in [3.05, 3.63) is 60.7 Å². The van der Waals surface area contributed by atoms with Gasteiger partial charge >= 0.3 is 0 Å². The molecule has 1 aromatic carbocycles. The highest BCUT2D eigenvalue weighted by molar-refractivity contribution is 5.94. The number of amides is 1. The molecule has 0 aliphatic rings. The fourth-order valence-electron chi connectivity index (χ4n) is 2.13. The topological polar surface area (TPSA) is 95.1 Å².